The van der Waals surface area contributed by atoms with Crippen LogP contribution in [0.5, 0.6) is 0 Å². The largest absolute Gasteiger partial charge is 0.356 e. The van der Waals surface area contributed by atoms with Gasteiger partial charge in [0, 0.05) is 23.1 Å². The normalized spacial score (nSPS) is 19.2. The maximum absolute atomic E-state index is 12.1. The standard InChI is InChI=1S/C18H24Cl2N2O2/c1-11(2)5-7-21-17(23)14-10-15(14)18(24)22-8-6-12-3-4-13(19)9-16(12)20/h3-4,9,11,14-15H,5-8,10H2,1-2H3,(H,21,23)(H,22,24). The maximum atomic E-state index is 12.1. The number of halogens is 2. The van der Waals surface area contributed by atoms with Crippen molar-refractivity contribution >= 4 is 35.0 Å². The molecular weight excluding hydrogens is 347 g/mol. The second kappa shape index (κ2) is 8.72. The Labute approximate surface area is 153 Å². The highest BCUT2D eigenvalue weighted by Gasteiger charge is 2.47. The Hall–Kier alpha value is -1.26. The first-order chi connectivity index (χ1) is 11.4. The van der Waals surface area contributed by atoms with E-state index in [2.05, 4.69) is 24.5 Å². The molecule has 6 heteroatoms. The molecule has 1 aliphatic carbocycles. The third kappa shape index (κ3) is 5.67. The number of amides is 2. The highest BCUT2D eigenvalue weighted by Crippen LogP contribution is 2.38. The van der Waals surface area contributed by atoms with Crippen molar-refractivity contribution in [1.29, 1.82) is 0 Å². The number of carbonyl (C=O) groups is 2. The minimum absolute atomic E-state index is 0.00320. The number of rotatable bonds is 8. The number of carbonyl (C=O) groups excluding carboxylic acids is 2. The summed E-state index contributed by atoms with van der Waals surface area (Å²) in [7, 11) is 0. The summed E-state index contributed by atoms with van der Waals surface area (Å²) in [5.74, 6) is 0.143. The molecule has 2 rings (SSSR count). The summed E-state index contributed by atoms with van der Waals surface area (Å²) in [6.45, 7) is 5.41. The fourth-order valence-electron chi connectivity index (χ4n) is 2.57. The molecule has 4 nitrogen and oxygen atoms in total. The second-order valence-corrected chi connectivity index (χ2v) is 7.54. The van der Waals surface area contributed by atoms with Crippen LogP contribution in [0.4, 0.5) is 0 Å². The van der Waals surface area contributed by atoms with Gasteiger partial charge in [-0.25, -0.2) is 0 Å². The topological polar surface area (TPSA) is 58.2 Å². The van der Waals surface area contributed by atoms with Gasteiger partial charge in [-0.3, -0.25) is 9.59 Å². The summed E-state index contributed by atoms with van der Waals surface area (Å²) >= 11 is 12.0. The van der Waals surface area contributed by atoms with E-state index in [1.807, 2.05) is 6.07 Å². The number of nitrogens with one attached hydrogen (secondary N) is 2. The van der Waals surface area contributed by atoms with Gasteiger partial charge in [-0.2, -0.15) is 0 Å². The van der Waals surface area contributed by atoms with Crippen molar-refractivity contribution in [3.63, 3.8) is 0 Å². The van der Waals surface area contributed by atoms with Crippen molar-refractivity contribution in [2.24, 2.45) is 17.8 Å². The summed E-state index contributed by atoms with van der Waals surface area (Å²) in [5.41, 5.74) is 0.945. The minimum Gasteiger partial charge on any atom is -0.356 e. The van der Waals surface area contributed by atoms with E-state index >= 15 is 0 Å². The molecule has 1 aromatic rings. The molecule has 0 bridgehead atoms. The Morgan fingerprint density at radius 3 is 2.33 bits per heavy atom. The van der Waals surface area contributed by atoms with Gasteiger partial charge in [-0.05, 0) is 42.9 Å². The van der Waals surface area contributed by atoms with E-state index < -0.39 is 0 Å². The lowest BCUT2D eigenvalue weighted by Gasteiger charge is -2.08. The van der Waals surface area contributed by atoms with Gasteiger partial charge in [0.25, 0.3) is 0 Å². The molecule has 1 aromatic carbocycles. The molecular formula is C18H24Cl2N2O2. The molecule has 0 saturated heterocycles. The first kappa shape index (κ1) is 19.1. The van der Waals surface area contributed by atoms with E-state index in [-0.39, 0.29) is 23.7 Å². The van der Waals surface area contributed by atoms with Crippen LogP contribution in [0.1, 0.15) is 32.3 Å². The zero-order valence-electron chi connectivity index (χ0n) is 14.1. The Morgan fingerprint density at radius 1 is 1.12 bits per heavy atom. The Bertz CT molecular complexity index is 605. The van der Waals surface area contributed by atoms with Crippen LogP contribution in [-0.2, 0) is 16.0 Å². The third-order valence-corrected chi connectivity index (χ3v) is 4.78. The first-order valence-corrected chi connectivity index (χ1v) is 9.13. The number of hydrogen-bond acceptors (Lipinski definition) is 2. The van der Waals surface area contributed by atoms with Crippen molar-refractivity contribution in [3.8, 4) is 0 Å². The fourth-order valence-corrected chi connectivity index (χ4v) is 3.07. The molecule has 2 atom stereocenters. The van der Waals surface area contributed by atoms with Crippen molar-refractivity contribution in [2.75, 3.05) is 13.1 Å². The van der Waals surface area contributed by atoms with Gasteiger partial charge in [0.2, 0.25) is 11.8 Å². The van der Waals surface area contributed by atoms with Crippen molar-refractivity contribution in [1.82, 2.24) is 10.6 Å². The second-order valence-electron chi connectivity index (χ2n) is 6.70. The van der Waals surface area contributed by atoms with E-state index in [9.17, 15) is 9.59 Å². The lowest BCUT2D eigenvalue weighted by molar-refractivity contribution is -0.127. The van der Waals surface area contributed by atoms with E-state index in [0.29, 0.717) is 41.9 Å². The van der Waals surface area contributed by atoms with E-state index in [1.165, 1.54) is 0 Å². The maximum Gasteiger partial charge on any atom is 0.223 e. The van der Waals surface area contributed by atoms with Gasteiger partial charge in [0.05, 0.1) is 11.8 Å². The molecule has 1 aliphatic rings. The first-order valence-electron chi connectivity index (χ1n) is 8.38. The van der Waals surface area contributed by atoms with Crippen LogP contribution < -0.4 is 10.6 Å². The predicted molar refractivity (Wildman–Crippen MR) is 97.2 cm³/mol. The van der Waals surface area contributed by atoms with Crippen LogP contribution in [0, 0.1) is 17.8 Å². The van der Waals surface area contributed by atoms with Gasteiger partial charge in [0.1, 0.15) is 0 Å². The van der Waals surface area contributed by atoms with Gasteiger partial charge in [-0.1, -0.05) is 43.1 Å². The molecule has 132 valence electrons. The van der Waals surface area contributed by atoms with Gasteiger partial charge >= 0.3 is 0 Å². The van der Waals surface area contributed by atoms with Gasteiger partial charge in [-0.15, -0.1) is 0 Å². The molecule has 2 amide bonds. The molecule has 2 N–H and O–H groups in total. The summed E-state index contributed by atoms with van der Waals surface area (Å²) in [6.07, 6.45) is 2.23. The van der Waals surface area contributed by atoms with E-state index in [0.717, 1.165) is 12.0 Å². The zero-order valence-corrected chi connectivity index (χ0v) is 15.6. The monoisotopic (exact) mass is 370 g/mol. The van der Waals surface area contributed by atoms with E-state index in [4.69, 9.17) is 23.2 Å². The van der Waals surface area contributed by atoms with Crippen LogP contribution in [0.3, 0.4) is 0 Å². The smallest absolute Gasteiger partial charge is 0.223 e. The summed E-state index contributed by atoms with van der Waals surface area (Å²) < 4.78 is 0. The lowest BCUT2D eigenvalue weighted by atomic mass is 10.1. The number of hydrogen-bond donors (Lipinski definition) is 2. The third-order valence-electron chi connectivity index (χ3n) is 4.19. The summed E-state index contributed by atoms with van der Waals surface area (Å²) in [4.78, 5) is 24.0. The Morgan fingerprint density at radius 2 is 1.75 bits per heavy atom. The van der Waals surface area contributed by atoms with Crippen LogP contribution in [0.15, 0.2) is 18.2 Å². The fraction of sp³-hybridized carbons (Fsp3) is 0.556. The van der Waals surface area contributed by atoms with Crippen LogP contribution in [0.2, 0.25) is 10.0 Å². The van der Waals surface area contributed by atoms with Crippen LogP contribution in [-0.4, -0.2) is 24.9 Å². The average Bonchev–Trinajstić information content (AvgIpc) is 3.29. The highest BCUT2D eigenvalue weighted by molar-refractivity contribution is 6.35. The molecule has 1 fully saturated rings. The molecule has 0 spiro atoms. The van der Waals surface area contributed by atoms with Crippen LogP contribution in [0.25, 0.3) is 0 Å². The zero-order chi connectivity index (χ0) is 17.7. The van der Waals surface area contributed by atoms with Crippen molar-refractivity contribution < 1.29 is 9.59 Å². The molecule has 1 saturated carbocycles. The average molecular weight is 371 g/mol. The molecule has 0 aromatic heterocycles. The Balaban J connectivity index is 1.68. The minimum atomic E-state index is -0.190. The molecule has 0 heterocycles. The van der Waals surface area contributed by atoms with Crippen LogP contribution >= 0.6 is 23.2 Å². The van der Waals surface area contributed by atoms with Crippen molar-refractivity contribution in [3.05, 3.63) is 33.8 Å². The lowest BCUT2D eigenvalue weighted by Crippen LogP contribution is -2.31. The van der Waals surface area contributed by atoms with Gasteiger partial charge < -0.3 is 10.6 Å². The molecule has 24 heavy (non-hydrogen) atoms. The Kier molecular flexibility index (Phi) is 6.93. The van der Waals surface area contributed by atoms with Crippen molar-refractivity contribution in [2.45, 2.75) is 33.1 Å². The van der Waals surface area contributed by atoms with E-state index in [1.54, 1.807) is 12.1 Å². The number of benzene rings is 1. The highest BCUT2D eigenvalue weighted by atomic mass is 35.5. The molecule has 2 unspecified atom stereocenters. The SMILES string of the molecule is CC(C)CCNC(=O)C1CC1C(=O)NCCc1ccc(Cl)cc1Cl. The van der Waals surface area contributed by atoms with Gasteiger partial charge in [0.15, 0.2) is 0 Å². The molecule has 0 radical (unpaired) electrons. The quantitative estimate of drug-likeness (QED) is 0.735. The summed E-state index contributed by atoms with van der Waals surface area (Å²) in [5, 5.41) is 6.99. The predicted octanol–water partition coefficient (Wildman–Crippen LogP) is 3.45. The molecule has 0 aliphatic heterocycles. The summed E-state index contributed by atoms with van der Waals surface area (Å²) in [6, 6.07) is 5.33.